The van der Waals surface area contributed by atoms with Gasteiger partial charge in [0, 0.05) is 30.8 Å². The van der Waals surface area contributed by atoms with Gasteiger partial charge >= 0.3 is 0 Å². The first-order chi connectivity index (χ1) is 11.4. The lowest BCUT2D eigenvalue weighted by Crippen LogP contribution is -2.46. The largest absolute Gasteiger partial charge is 0.382 e. The fourth-order valence-electron chi connectivity index (χ4n) is 3.10. The maximum atomic E-state index is 13.9. The van der Waals surface area contributed by atoms with E-state index in [1.165, 1.54) is 12.1 Å². The van der Waals surface area contributed by atoms with Crippen LogP contribution in [0.15, 0.2) is 24.4 Å². The second-order valence-electron chi connectivity index (χ2n) is 6.76. The minimum Gasteiger partial charge on any atom is -0.382 e. The van der Waals surface area contributed by atoms with E-state index in [0.29, 0.717) is 30.8 Å². The Kier molecular flexibility index (Phi) is 4.64. The highest BCUT2D eigenvalue weighted by atomic mass is 19.1. The van der Waals surface area contributed by atoms with Crippen LogP contribution in [0.1, 0.15) is 44.0 Å². The molecule has 5 nitrogen and oxygen atoms in total. The van der Waals surface area contributed by atoms with Crippen LogP contribution in [0.4, 0.5) is 8.78 Å². The SMILES string of the molecule is CC(C)n1cc(C2(O)CCCN(Cc3ccc(F)cc3F)C2)nn1. The fraction of sp³-hybridized carbons (Fsp3) is 0.529. The summed E-state index contributed by atoms with van der Waals surface area (Å²) in [4.78, 5) is 1.97. The number of β-amino-alcohol motifs (C(OH)–C–C–N with tert-alkyl or cyclic N) is 1. The van der Waals surface area contributed by atoms with Crippen LogP contribution in [0.5, 0.6) is 0 Å². The molecule has 1 aliphatic rings. The van der Waals surface area contributed by atoms with E-state index in [-0.39, 0.29) is 6.04 Å². The highest BCUT2D eigenvalue weighted by Crippen LogP contribution is 2.31. The Morgan fingerprint density at radius 3 is 2.79 bits per heavy atom. The highest BCUT2D eigenvalue weighted by Gasteiger charge is 2.37. The third kappa shape index (κ3) is 3.47. The molecule has 24 heavy (non-hydrogen) atoms. The van der Waals surface area contributed by atoms with Crippen LogP contribution in [-0.2, 0) is 12.1 Å². The van der Waals surface area contributed by atoms with E-state index < -0.39 is 17.2 Å². The highest BCUT2D eigenvalue weighted by molar-refractivity contribution is 5.19. The molecule has 2 aromatic rings. The summed E-state index contributed by atoms with van der Waals surface area (Å²) in [6.07, 6.45) is 3.13. The van der Waals surface area contributed by atoms with Gasteiger partial charge in [-0.15, -0.1) is 5.10 Å². The molecule has 2 heterocycles. The lowest BCUT2D eigenvalue weighted by Gasteiger charge is -2.38. The van der Waals surface area contributed by atoms with Crippen molar-refractivity contribution in [2.75, 3.05) is 13.1 Å². The van der Waals surface area contributed by atoms with Gasteiger partial charge in [0.2, 0.25) is 0 Å². The molecule has 1 unspecified atom stereocenters. The molecule has 1 fully saturated rings. The Hall–Kier alpha value is -1.86. The van der Waals surface area contributed by atoms with E-state index >= 15 is 0 Å². The molecule has 3 rings (SSSR count). The molecule has 1 N–H and O–H groups in total. The van der Waals surface area contributed by atoms with Crippen LogP contribution in [0, 0.1) is 11.6 Å². The van der Waals surface area contributed by atoms with Crippen molar-refractivity contribution >= 4 is 0 Å². The van der Waals surface area contributed by atoms with E-state index in [4.69, 9.17) is 0 Å². The summed E-state index contributed by atoms with van der Waals surface area (Å²) in [6, 6.07) is 3.76. The molecule has 130 valence electrons. The second kappa shape index (κ2) is 6.57. The average molecular weight is 336 g/mol. The zero-order chi connectivity index (χ0) is 17.3. The summed E-state index contributed by atoms with van der Waals surface area (Å²) in [5, 5.41) is 19.2. The number of aromatic nitrogens is 3. The molecule has 0 aliphatic carbocycles. The van der Waals surface area contributed by atoms with Crippen molar-refractivity contribution in [1.29, 1.82) is 0 Å². The summed E-state index contributed by atoms with van der Waals surface area (Å²) < 4.78 is 28.6. The maximum Gasteiger partial charge on any atom is 0.130 e. The topological polar surface area (TPSA) is 54.2 Å². The van der Waals surface area contributed by atoms with Gasteiger partial charge in [-0.2, -0.15) is 0 Å². The van der Waals surface area contributed by atoms with Crippen LogP contribution in [0.2, 0.25) is 0 Å². The standard InChI is InChI=1S/C17H22F2N4O/c1-12(2)23-10-16(20-21-23)17(24)6-3-7-22(11-17)9-13-4-5-14(18)8-15(13)19/h4-5,8,10,12,24H,3,6-7,9,11H2,1-2H3. The zero-order valence-corrected chi connectivity index (χ0v) is 13.9. The minimum absolute atomic E-state index is 0.169. The van der Waals surface area contributed by atoms with Crippen molar-refractivity contribution in [3.05, 3.63) is 47.3 Å². The minimum atomic E-state index is -1.10. The van der Waals surface area contributed by atoms with E-state index in [1.807, 2.05) is 18.7 Å². The lowest BCUT2D eigenvalue weighted by molar-refractivity contribution is -0.0417. The van der Waals surface area contributed by atoms with Crippen LogP contribution >= 0.6 is 0 Å². The number of rotatable bonds is 4. The lowest BCUT2D eigenvalue weighted by atomic mass is 9.89. The molecule has 0 amide bonds. The molecule has 1 saturated heterocycles. The molecule has 0 radical (unpaired) electrons. The van der Waals surface area contributed by atoms with Gasteiger partial charge in [-0.1, -0.05) is 11.3 Å². The molecular weight excluding hydrogens is 314 g/mol. The number of piperidine rings is 1. The second-order valence-corrected chi connectivity index (χ2v) is 6.76. The predicted molar refractivity (Wildman–Crippen MR) is 85.2 cm³/mol. The summed E-state index contributed by atoms with van der Waals surface area (Å²) >= 11 is 0. The predicted octanol–water partition coefficient (Wildman–Crippen LogP) is 2.62. The maximum absolute atomic E-state index is 13.9. The van der Waals surface area contributed by atoms with Crippen molar-refractivity contribution < 1.29 is 13.9 Å². The van der Waals surface area contributed by atoms with Crippen molar-refractivity contribution in [1.82, 2.24) is 19.9 Å². The van der Waals surface area contributed by atoms with Crippen molar-refractivity contribution in [3.63, 3.8) is 0 Å². The van der Waals surface area contributed by atoms with Gasteiger partial charge < -0.3 is 5.11 Å². The smallest absolute Gasteiger partial charge is 0.130 e. The van der Waals surface area contributed by atoms with E-state index in [9.17, 15) is 13.9 Å². The van der Waals surface area contributed by atoms with Crippen molar-refractivity contribution in [3.8, 4) is 0 Å². The Labute approximate surface area is 139 Å². The zero-order valence-electron chi connectivity index (χ0n) is 13.9. The third-order valence-corrected chi connectivity index (χ3v) is 4.48. The van der Waals surface area contributed by atoms with Gasteiger partial charge in [-0.3, -0.25) is 4.90 Å². The Balaban J connectivity index is 1.75. The number of halogens is 2. The quantitative estimate of drug-likeness (QED) is 0.932. The first-order valence-electron chi connectivity index (χ1n) is 8.18. The fourth-order valence-corrected chi connectivity index (χ4v) is 3.10. The number of hydrogen-bond acceptors (Lipinski definition) is 4. The van der Waals surface area contributed by atoms with Crippen molar-refractivity contribution in [2.45, 2.75) is 44.9 Å². The van der Waals surface area contributed by atoms with Gasteiger partial charge in [0.1, 0.15) is 22.9 Å². The number of nitrogens with zero attached hydrogens (tertiary/aromatic N) is 4. The van der Waals surface area contributed by atoms with E-state index in [0.717, 1.165) is 19.0 Å². The van der Waals surface area contributed by atoms with E-state index in [2.05, 4.69) is 10.3 Å². The van der Waals surface area contributed by atoms with Crippen LogP contribution in [-0.4, -0.2) is 38.1 Å². The molecule has 7 heteroatoms. The first kappa shape index (κ1) is 17.0. The monoisotopic (exact) mass is 336 g/mol. The van der Waals surface area contributed by atoms with Crippen LogP contribution < -0.4 is 0 Å². The van der Waals surface area contributed by atoms with Crippen LogP contribution in [0.25, 0.3) is 0 Å². The van der Waals surface area contributed by atoms with Gasteiger partial charge in [0.05, 0.1) is 6.20 Å². The number of likely N-dealkylation sites (tertiary alicyclic amines) is 1. The number of hydrogen-bond donors (Lipinski definition) is 1. The molecule has 0 spiro atoms. The summed E-state index contributed by atoms with van der Waals surface area (Å²) in [5.41, 5.74) is -0.131. The Bertz CT molecular complexity index is 718. The van der Waals surface area contributed by atoms with Gasteiger partial charge in [-0.05, 0) is 39.3 Å². The van der Waals surface area contributed by atoms with Gasteiger partial charge in [0.25, 0.3) is 0 Å². The number of benzene rings is 1. The summed E-state index contributed by atoms with van der Waals surface area (Å²) in [7, 11) is 0. The molecule has 0 bridgehead atoms. The Morgan fingerprint density at radius 1 is 1.33 bits per heavy atom. The molecule has 1 aliphatic heterocycles. The summed E-state index contributed by atoms with van der Waals surface area (Å²) in [6.45, 7) is 5.41. The Morgan fingerprint density at radius 2 is 2.12 bits per heavy atom. The van der Waals surface area contributed by atoms with Crippen LogP contribution in [0.3, 0.4) is 0 Å². The average Bonchev–Trinajstić information content (AvgIpc) is 3.01. The molecule has 1 atom stereocenters. The van der Waals surface area contributed by atoms with Gasteiger partial charge in [0.15, 0.2) is 0 Å². The van der Waals surface area contributed by atoms with Crippen molar-refractivity contribution in [2.24, 2.45) is 0 Å². The molecule has 0 saturated carbocycles. The summed E-state index contributed by atoms with van der Waals surface area (Å²) in [5.74, 6) is -1.15. The molecule has 1 aromatic carbocycles. The number of aliphatic hydroxyl groups is 1. The van der Waals surface area contributed by atoms with Gasteiger partial charge in [-0.25, -0.2) is 13.5 Å². The first-order valence-corrected chi connectivity index (χ1v) is 8.18. The third-order valence-electron chi connectivity index (χ3n) is 4.48. The molecule has 1 aromatic heterocycles. The van der Waals surface area contributed by atoms with E-state index in [1.54, 1.807) is 10.9 Å². The normalized spacial score (nSPS) is 22.2. The molecular formula is C17H22F2N4O.